The molecule has 3 N–H and O–H groups in total. The molecule has 0 saturated carbocycles. The number of benzene rings is 1. The smallest absolute Gasteiger partial charge is 0.251 e. The van der Waals surface area contributed by atoms with E-state index in [1.807, 2.05) is 18.2 Å². The largest absolute Gasteiger partial charge is 0.330 e. The number of aromatic nitrogens is 2. The minimum absolute atomic E-state index is 0.123. The van der Waals surface area contributed by atoms with Crippen LogP contribution in [0.1, 0.15) is 24.6 Å². The molecule has 0 amide bonds. The summed E-state index contributed by atoms with van der Waals surface area (Å²) in [5.74, 6) is 0. The summed E-state index contributed by atoms with van der Waals surface area (Å²) in [6.45, 7) is 2.63. The van der Waals surface area contributed by atoms with Crippen LogP contribution in [0.4, 0.5) is 0 Å². The van der Waals surface area contributed by atoms with Crippen LogP contribution in [0.15, 0.2) is 39.1 Å². The van der Waals surface area contributed by atoms with Crippen LogP contribution in [0.3, 0.4) is 0 Å². The van der Waals surface area contributed by atoms with Gasteiger partial charge in [0.2, 0.25) is 0 Å². The van der Waals surface area contributed by atoms with Crippen molar-refractivity contribution in [2.75, 3.05) is 6.54 Å². The second-order valence-corrected chi connectivity index (χ2v) is 6.16. The van der Waals surface area contributed by atoms with Crippen LogP contribution in [0.25, 0.3) is 0 Å². The summed E-state index contributed by atoms with van der Waals surface area (Å²) in [5.41, 5.74) is 7.26. The third-order valence-corrected chi connectivity index (χ3v) is 4.16. The summed E-state index contributed by atoms with van der Waals surface area (Å²) in [7, 11) is 0. The Morgan fingerprint density at radius 2 is 2.14 bits per heavy atom. The predicted octanol–water partition coefficient (Wildman–Crippen LogP) is 3.03. The fraction of sp³-hybridized carbons (Fsp3) is 0.333. The van der Waals surface area contributed by atoms with Crippen molar-refractivity contribution in [1.82, 2.24) is 9.97 Å². The molecule has 0 aliphatic heterocycles. The van der Waals surface area contributed by atoms with Crippen molar-refractivity contribution >= 4 is 23.4 Å². The van der Waals surface area contributed by atoms with E-state index in [2.05, 4.69) is 16.9 Å². The Labute approximate surface area is 133 Å². The topological polar surface area (TPSA) is 71.8 Å². The molecule has 0 aliphatic rings. The van der Waals surface area contributed by atoms with Gasteiger partial charge in [0.1, 0.15) is 0 Å². The van der Waals surface area contributed by atoms with Crippen LogP contribution in [0.2, 0.25) is 5.02 Å². The van der Waals surface area contributed by atoms with Gasteiger partial charge in [0.15, 0.2) is 5.16 Å². The van der Waals surface area contributed by atoms with E-state index in [4.69, 9.17) is 17.3 Å². The highest BCUT2D eigenvalue weighted by atomic mass is 35.5. The van der Waals surface area contributed by atoms with Gasteiger partial charge in [-0.1, -0.05) is 42.8 Å². The molecule has 0 fully saturated rings. The first-order valence-electron chi connectivity index (χ1n) is 6.89. The van der Waals surface area contributed by atoms with Crippen LogP contribution in [0.5, 0.6) is 0 Å². The van der Waals surface area contributed by atoms with Crippen molar-refractivity contribution in [3.63, 3.8) is 0 Å². The van der Waals surface area contributed by atoms with Gasteiger partial charge in [0.05, 0.1) is 0 Å². The first kappa shape index (κ1) is 16.1. The predicted molar refractivity (Wildman–Crippen MR) is 87.2 cm³/mol. The lowest BCUT2D eigenvalue weighted by atomic mass is 10.1. The number of H-pyrrole nitrogens is 1. The maximum Gasteiger partial charge on any atom is 0.251 e. The molecule has 21 heavy (non-hydrogen) atoms. The van der Waals surface area contributed by atoms with Gasteiger partial charge in [-0.15, -0.1) is 0 Å². The zero-order chi connectivity index (χ0) is 15.2. The van der Waals surface area contributed by atoms with Crippen molar-refractivity contribution in [1.29, 1.82) is 0 Å². The lowest BCUT2D eigenvalue weighted by Gasteiger charge is -2.06. The maximum atomic E-state index is 11.6. The number of nitrogens with one attached hydrogen (secondary N) is 1. The minimum atomic E-state index is -0.123. The fourth-order valence-corrected chi connectivity index (χ4v) is 3.17. The molecule has 0 unspecified atom stereocenters. The van der Waals surface area contributed by atoms with Crippen molar-refractivity contribution in [3.05, 3.63) is 50.9 Å². The van der Waals surface area contributed by atoms with Crippen LogP contribution in [-0.2, 0) is 12.8 Å². The summed E-state index contributed by atoms with van der Waals surface area (Å²) >= 11 is 7.63. The third-order valence-electron chi connectivity index (χ3n) is 2.93. The van der Waals surface area contributed by atoms with Crippen molar-refractivity contribution in [2.24, 2.45) is 5.73 Å². The molecule has 1 aromatic carbocycles. The summed E-state index contributed by atoms with van der Waals surface area (Å²) in [6.07, 6.45) is 2.51. The summed E-state index contributed by atoms with van der Waals surface area (Å²) < 4.78 is 0. The van der Waals surface area contributed by atoms with E-state index >= 15 is 0 Å². The standard InChI is InChI=1S/C15H18ClN3OS/c1-2-3-11-8-14(20)19-15(18-11)21-12-5-4-10(6-7-17)13(16)9-12/h4-5,8-9H,2-3,6-7,17H2,1H3,(H,18,19,20). The minimum Gasteiger partial charge on any atom is -0.330 e. The number of rotatable bonds is 6. The van der Waals surface area contributed by atoms with E-state index in [0.29, 0.717) is 16.7 Å². The molecule has 0 saturated heterocycles. The van der Waals surface area contributed by atoms with E-state index in [9.17, 15) is 4.79 Å². The SMILES string of the molecule is CCCc1cc(=O)[nH]c(Sc2ccc(CCN)c(Cl)c2)n1. The van der Waals surface area contributed by atoms with Gasteiger partial charge in [-0.3, -0.25) is 4.79 Å². The highest BCUT2D eigenvalue weighted by Gasteiger charge is 2.06. The quantitative estimate of drug-likeness (QED) is 0.801. The Morgan fingerprint density at radius 1 is 1.33 bits per heavy atom. The van der Waals surface area contributed by atoms with Gasteiger partial charge in [0.25, 0.3) is 5.56 Å². The van der Waals surface area contributed by atoms with Gasteiger partial charge < -0.3 is 10.7 Å². The first-order chi connectivity index (χ1) is 10.1. The normalized spacial score (nSPS) is 10.8. The maximum absolute atomic E-state index is 11.6. The number of hydrogen-bond acceptors (Lipinski definition) is 4. The van der Waals surface area contributed by atoms with Gasteiger partial charge in [-0.25, -0.2) is 4.98 Å². The van der Waals surface area contributed by atoms with E-state index in [-0.39, 0.29) is 5.56 Å². The van der Waals surface area contributed by atoms with Crippen LogP contribution in [0, 0.1) is 0 Å². The molecule has 0 atom stereocenters. The number of halogens is 1. The summed E-state index contributed by atoms with van der Waals surface area (Å²) in [4.78, 5) is 19.8. The second kappa shape index (κ2) is 7.64. The Bertz CT molecular complexity index is 672. The molecule has 1 heterocycles. The Balaban J connectivity index is 2.21. The van der Waals surface area contributed by atoms with Crippen LogP contribution >= 0.6 is 23.4 Å². The molecule has 6 heteroatoms. The molecule has 4 nitrogen and oxygen atoms in total. The molecule has 2 rings (SSSR count). The third kappa shape index (κ3) is 4.59. The lowest BCUT2D eigenvalue weighted by molar-refractivity contribution is 0.816. The molecule has 0 aliphatic carbocycles. The van der Waals surface area contributed by atoms with E-state index in [0.717, 1.165) is 35.4 Å². The fourth-order valence-electron chi connectivity index (χ4n) is 1.98. The van der Waals surface area contributed by atoms with Crippen LogP contribution < -0.4 is 11.3 Å². The highest BCUT2D eigenvalue weighted by molar-refractivity contribution is 7.99. The Hall–Kier alpha value is -1.30. The molecule has 112 valence electrons. The van der Waals surface area contributed by atoms with Crippen LogP contribution in [-0.4, -0.2) is 16.5 Å². The van der Waals surface area contributed by atoms with Gasteiger partial charge in [0, 0.05) is 21.7 Å². The lowest BCUT2D eigenvalue weighted by Crippen LogP contribution is -2.09. The van der Waals surface area contributed by atoms with E-state index in [1.54, 1.807) is 6.07 Å². The zero-order valence-electron chi connectivity index (χ0n) is 11.9. The Kier molecular flexibility index (Phi) is 5.85. The number of aryl methyl sites for hydroxylation is 1. The molecule has 0 radical (unpaired) electrons. The van der Waals surface area contributed by atoms with Crippen molar-refractivity contribution in [3.8, 4) is 0 Å². The number of hydrogen-bond donors (Lipinski definition) is 2. The monoisotopic (exact) mass is 323 g/mol. The zero-order valence-corrected chi connectivity index (χ0v) is 13.4. The number of aromatic amines is 1. The summed E-state index contributed by atoms with van der Waals surface area (Å²) in [6, 6.07) is 7.36. The molecule has 0 spiro atoms. The second-order valence-electron chi connectivity index (χ2n) is 4.69. The first-order valence-corrected chi connectivity index (χ1v) is 8.08. The highest BCUT2D eigenvalue weighted by Crippen LogP contribution is 2.28. The molecule has 0 bridgehead atoms. The molecule has 2 aromatic rings. The average Bonchev–Trinajstić information content (AvgIpc) is 2.42. The molecular weight excluding hydrogens is 306 g/mol. The van der Waals surface area contributed by atoms with Gasteiger partial charge >= 0.3 is 0 Å². The average molecular weight is 324 g/mol. The summed E-state index contributed by atoms with van der Waals surface area (Å²) in [5, 5.41) is 1.28. The number of nitrogens with zero attached hydrogens (tertiary/aromatic N) is 1. The van der Waals surface area contributed by atoms with E-state index in [1.165, 1.54) is 11.8 Å². The Morgan fingerprint density at radius 3 is 2.81 bits per heavy atom. The number of nitrogens with two attached hydrogens (primary N) is 1. The molecule has 1 aromatic heterocycles. The van der Waals surface area contributed by atoms with Gasteiger partial charge in [-0.2, -0.15) is 0 Å². The van der Waals surface area contributed by atoms with E-state index < -0.39 is 0 Å². The van der Waals surface area contributed by atoms with Gasteiger partial charge in [-0.05, 0) is 37.1 Å². The van der Waals surface area contributed by atoms with Crippen molar-refractivity contribution < 1.29 is 0 Å². The molecular formula is C15H18ClN3OS. The van der Waals surface area contributed by atoms with Crippen molar-refractivity contribution in [2.45, 2.75) is 36.2 Å².